The van der Waals surface area contributed by atoms with Crippen LogP contribution in [0.25, 0.3) is 6.08 Å². The molecule has 26 heavy (non-hydrogen) atoms. The van der Waals surface area contributed by atoms with E-state index >= 15 is 0 Å². The van der Waals surface area contributed by atoms with E-state index in [4.69, 9.17) is 21.7 Å². The number of amides is 1. The van der Waals surface area contributed by atoms with Crippen molar-refractivity contribution in [2.75, 3.05) is 18.6 Å². The summed E-state index contributed by atoms with van der Waals surface area (Å²) < 4.78 is 12.4. The molecule has 0 radical (unpaired) electrons. The number of halogens is 1. The fourth-order valence-electron chi connectivity index (χ4n) is 2.48. The first-order chi connectivity index (χ1) is 12.5. The van der Waals surface area contributed by atoms with Crippen LogP contribution in [0.3, 0.4) is 0 Å². The van der Waals surface area contributed by atoms with Crippen molar-refractivity contribution in [2.45, 2.75) is 6.92 Å². The molecule has 1 saturated heterocycles. The monoisotopic (exact) mass is 449 g/mol. The standard InChI is InChI=1S/C19H16BrNO3S2/c1-3-24-15-9-4-12(10-16(15)23-2)11-17-18(22)21(19(25)26-17)14-7-5-13(20)6-8-14/h4-11H,3H2,1-2H3. The number of thioether (sulfide) groups is 1. The molecule has 0 spiro atoms. The van der Waals surface area contributed by atoms with E-state index < -0.39 is 0 Å². The van der Waals surface area contributed by atoms with Crippen LogP contribution in [-0.4, -0.2) is 23.9 Å². The van der Waals surface area contributed by atoms with Gasteiger partial charge in [0.15, 0.2) is 15.8 Å². The summed E-state index contributed by atoms with van der Waals surface area (Å²) in [6, 6.07) is 13.1. The lowest BCUT2D eigenvalue weighted by molar-refractivity contribution is -0.113. The third-order valence-corrected chi connectivity index (χ3v) is 5.49. The second kappa shape index (κ2) is 8.24. The summed E-state index contributed by atoms with van der Waals surface area (Å²) in [6.07, 6.45) is 1.82. The Bertz CT molecular complexity index is 881. The molecule has 4 nitrogen and oxygen atoms in total. The molecule has 0 atom stereocenters. The van der Waals surface area contributed by atoms with Gasteiger partial charge in [-0.3, -0.25) is 9.69 Å². The van der Waals surface area contributed by atoms with Gasteiger partial charge < -0.3 is 9.47 Å². The highest BCUT2D eigenvalue weighted by atomic mass is 79.9. The maximum absolute atomic E-state index is 12.8. The van der Waals surface area contributed by atoms with Gasteiger partial charge >= 0.3 is 0 Å². The van der Waals surface area contributed by atoms with Crippen LogP contribution in [-0.2, 0) is 4.79 Å². The molecule has 1 amide bonds. The van der Waals surface area contributed by atoms with Gasteiger partial charge in [-0.15, -0.1) is 0 Å². The minimum atomic E-state index is -0.129. The molecule has 134 valence electrons. The first kappa shape index (κ1) is 18.9. The van der Waals surface area contributed by atoms with Crippen molar-refractivity contribution in [1.29, 1.82) is 0 Å². The van der Waals surface area contributed by atoms with Crippen molar-refractivity contribution < 1.29 is 14.3 Å². The Morgan fingerprint density at radius 1 is 1.19 bits per heavy atom. The Hall–Kier alpha value is -1.83. The van der Waals surface area contributed by atoms with Gasteiger partial charge in [-0.2, -0.15) is 0 Å². The van der Waals surface area contributed by atoms with Gasteiger partial charge in [-0.1, -0.05) is 46.0 Å². The van der Waals surface area contributed by atoms with Gasteiger partial charge in [0.2, 0.25) is 0 Å². The summed E-state index contributed by atoms with van der Waals surface area (Å²) in [5.41, 5.74) is 1.60. The molecule has 0 saturated carbocycles. The summed E-state index contributed by atoms with van der Waals surface area (Å²) >= 11 is 10.1. The van der Waals surface area contributed by atoms with Gasteiger partial charge in [-0.25, -0.2) is 0 Å². The van der Waals surface area contributed by atoms with Crippen molar-refractivity contribution in [1.82, 2.24) is 0 Å². The highest BCUT2D eigenvalue weighted by molar-refractivity contribution is 9.10. The van der Waals surface area contributed by atoms with Crippen LogP contribution in [0.5, 0.6) is 11.5 Å². The highest BCUT2D eigenvalue weighted by Gasteiger charge is 2.33. The quantitative estimate of drug-likeness (QED) is 0.459. The molecule has 1 heterocycles. The van der Waals surface area contributed by atoms with Gasteiger partial charge in [-0.05, 0) is 55.0 Å². The van der Waals surface area contributed by atoms with Crippen molar-refractivity contribution in [3.8, 4) is 11.5 Å². The van der Waals surface area contributed by atoms with Crippen LogP contribution in [0.2, 0.25) is 0 Å². The van der Waals surface area contributed by atoms with Crippen LogP contribution in [0.1, 0.15) is 12.5 Å². The largest absolute Gasteiger partial charge is 0.493 e. The van der Waals surface area contributed by atoms with E-state index in [0.717, 1.165) is 15.7 Å². The zero-order valence-electron chi connectivity index (χ0n) is 14.2. The van der Waals surface area contributed by atoms with E-state index in [2.05, 4.69) is 15.9 Å². The number of carbonyl (C=O) groups excluding carboxylic acids is 1. The normalized spacial score (nSPS) is 15.7. The zero-order valence-corrected chi connectivity index (χ0v) is 17.4. The van der Waals surface area contributed by atoms with Crippen molar-refractivity contribution in [2.24, 2.45) is 0 Å². The maximum atomic E-state index is 12.8. The predicted octanol–water partition coefficient (Wildman–Crippen LogP) is 5.26. The van der Waals surface area contributed by atoms with E-state index in [1.54, 1.807) is 12.0 Å². The van der Waals surface area contributed by atoms with Crippen LogP contribution in [0, 0.1) is 0 Å². The molecule has 1 aliphatic heterocycles. The third kappa shape index (κ3) is 3.95. The molecule has 7 heteroatoms. The lowest BCUT2D eigenvalue weighted by Crippen LogP contribution is -2.27. The van der Waals surface area contributed by atoms with E-state index in [-0.39, 0.29) is 5.91 Å². The zero-order chi connectivity index (χ0) is 18.7. The minimum Gasteiger partial charge on any atom is -0.493 e. The van der Waals surface area contributed by atoms with E-state index in [0.29, 0.717) is 27.3 Å². The van der Waals surface area contributed by atoms with Crippen LogP contribution >= 0.6 is 39.9 Å². The summed E-state index contributed by atoms with van der Waals surface area (Å²) in [7, 11) is 1.59. The lowest BCUT2D eigenvalue weighted by Gasteiger charge is -2.14. The molecule has 0 aliphatic carbocycles. The Morgan fingerprint density at radius 3 is 2.58 bits per heavy atom. The molecule has 0 bridgehead atoms. The second-order valence-electron chi connectivity index (χ2n) is 5.34. The van der Waals surface area contributed by atoms with E-state index in [1.165, 1.54) is 11.8 Å². The highest BCUT2D eigenvalue weighted by Crippen LogP contribution is 2.37. The van der Waals surface area contributed by atoms with Crippen molar-refractivity contribution >= 4 is 61.9 Å². The summed E-state index contributed by atoms with van der Waals surface area (Å²) in [5.74, 6) is 1.17. The molecular formula is C19H16BrNO3S2. The number of anilines is 1. The van der Waals surface area contributed by atoms with Gasteiger partial charge in [0.1, 0.15) is 0 Å². The number of nitrogens with zero attached hydrogens (tertiary/aromatic N) is 1. The SMILES string of the molecule is CCOc1ccc(C=C2SC(=S)N(c3ccc(Br)cc3)C2=O)cc1OC. The fraction of sp³-hybridized carbons (Fsp3) is 0.158. The lowest BCUT2D eigenvalue weighted by atomic mass is 10.2. The number of carbonyl (C=O) groups is 1. The van der Waals surface area contributed by atoms with Crippen LogP contribution in [0.4, 0.5) is 5.69 Å². The molecule has 2 aromatic rings. The number of benzene rings is 2. The molecule has 0 aromatic heterocycles. The van der Waals surface area contributed by atoms with E-state index in [1.807, 2.05) is 55.5 Å². The molecular weight excluding hydrogens is 434 g/mol. The first-order valence-electron chi connectivity index (χ1n) is 7.88. The molecule has 1 fully saturated rings. The number of rotatable bonds is 5. The number of ether oxygens (including phenoxy) is 2. The first-order valence-corrected chi connectivity index (χ1v) is 9.89. The maximum Gasteiger partial charge on any atom is 0.270 e. The topological polar surface area (TPSA) is 38.8 Å². The van der Waals surface area contributed by atoms with Crippen LogP contribution < -0.4 is 14.4 Å². The number of methoxy groups -OCH3 is 1. The Labute approximate surface area is 170 Å². The third-order valence-electron chi connectivity index (χ3n) is 3.66. The summed E-state index contributed by atoms with van der Waals surface area (Å²) in [5, 5.41) is 0. The average Bonchev–Trinajstić information content (AvgIpc) is 2.91. The second-order valence-corrected chi connectivity index (χ2v) is 7.93. The van der Waals surface area contributed by atoms with Gasteiger partial charge in [0.05, 0.1) is 24.3 Å². The molecule has 2 aromatic carbocycles. The summed E-state index contributed by atoms with van der Waals surface area (Å²) in [6.45, 7) is 2.47. The Morgan fingerprint density at radius 2 is 1.92 bits per heavy atom. The predicted molar refractivity (Wildman–Crippen MR) is 114 cm³/mol. The van der Waals surface area contributed by atoms with Crippen molar-refractivity contribution in [3.63, 3.8) is 0 Å². The average molecular weight is 450 g/mol. The Balaban J connectivity index is 1.89. The van der Waals surface area contributed by atoms with Gasteiger partial charge in [0, 0.05) is 4.47 Å². The smallest absolute Gasteiger partial charge is 0.270 e. The fourth-order valence-corrected chi connectivity index (χ4v) is 4.04. The Kier molecular flexibility index (Phi) is 6.01. The van der Waals surface area contributed by atoms with Gasteiger partial charge in [0.25, 0.3) is 5.91 Å². The molecule has 0 unspecified atom stereocenters. The number of thiocarbonyl (C=S) groups is 1. The van der Waals surface area contributed by atoms with E-state index in [9.17, 15) is 4.79 Å². The molecule has 3 rings (SSSR count). The number of hydrogen-bond donors (Lipinski definition) is 0. The van der Waals surface area contributed by atoms with Crippen molar-refractivity contribution in [3.05, 3.63) is 57.4 Å². The summed E-state index contributed by atoms with van der Waals surface area (Å²) in [4.78, 5) is 14.9. The number of hydrogen-bond acceptors (Lipinski definition) is 5. The molecule has 0 N–H and O–H groups in total. The molecule has 1 aliphatic rings. The minimum absolute atomic E-state index is 0.129. The van der Waals surface area contributed by atoms with Crippen LogP contribution in [0.15, 0.2) is 51.8 Å².